The van der Waals surface area contributed by atoms with Crippen molar-refractivity contribution in [3.63, 3.8) is 0 Å². The first-order valence-corrected chi connectivity index (χ1v) is 9.41. The lowest BCUT2D eigenvalue weighted by atomic mass is 9.96. The van der Waals surface area contributed by atoms with E-state index in [1.807, 2.05) is 31.2 Å². The summed E-state index contributed by atoms with van der Waals surface area (Å²) in [7, 11) is 0. The van der Waals surface area contributed by atoms with Crippen LogP contribution < -0.4 is 5.32 Å². The van der Waals surface area contributed by atoms with E-state index >= 15 is 0 Å². The second-order valence-corrected chi connectivity index (χ2v) is 7.04. The first-order chi connectivity index (χ1) is 13.6. The molecule has 0 bridgehead atoms. The van der Waals surface area contributed by atoms with E-state index < -0.39 is 5.92 Å². The third-order valence-corrected chi connectivity index (χ3v) is 4.50. The predicted octanol–water partition coefficient (Wildman–Crippen LogP) is 5.36. The van der Waals surface area contributed by atoms with E-state index in [0.29, 0.717) is 36.5 Å². The van der Waals surface area contributed by atoms with Crippen molar-refractivity contribution in [2.75, 3.05) is 18.4 Å². The minimum absolute atomic E-state index is 0.0462. The molecule has 0 fully saturated rings. The Hall–Kier alpha value is -3.02. The van der Waals surface area contributed by atoms with E-state index in [4.69, 9.17) is 0 Å². The van der Waals surface area contributed by atoms with Gasteiger partial charge in [-0.1, -0.05) is 37.5 Å². The molecule has 0 unspecified atom stereocenters. The van der Waals surface area contributed by atoms with Crippen LogP contribution in [0.2, 0.25) is 0 Å². The average molecular weight is 399 g/mol. The Morgan fingerprint density at radius 2 is 2.07 bits per heavy atom. The number of amides is 1. The lowest BCUT2D eigenvalue weighted by molar-refractivity contribution is -0.126. The molecule has 29 heavy (non-hydrogen) atoms. The molecule has 0 saturated heterocycles. The Morgan fingerprint density at radius 1 is 1.34 bits per heavy atom. The largest absolute Gasteiger partial charge is 0.354 e. The third-order valence-electron chi connectivity index (χ3n) is 4.50. The summed E-state index contributed by atoms with van der Waals surface area (Å²) >= 11 is 0. The van der Waals surface area contributed by atoms with Crippen LogP contribution in [0.15, 0.2) is 78.2 Å². The quantitative estimate of drug-likeness (QED) is 0.496. The maximum absolute atomic E-state index is 13.3. The van der Waals surface area contributed by atoms with Gasteiger partial charge in [-0.15, -0.1) is 0 Å². The summed E-state index contributed by atoms with van der Waals surface area (Å²) < 4.78 is 26.7. The molecule has 0 aromatic carbocycles. The fourth-order valence-electron chi connectivity index (χ4n) is 2.93. The van der Waals surface area contributed by atoms with Gasteiger partial charge in [0.1, 0.15) is 5.69 Å². The highest BCUT2D eigenvalue weighted by Gasteiger charge is 2.25. The van der Waals surface area contributed by atoms with Gasteiger partial charge in [0.25, 0.3) is 5.92 Å². The van der Waals surface area contributed by atoms with E-state index in [0.717, 1.165) is 18.1 Å². The fraction of sp³-hybridized carbons (Fsp3) is 0.304. The summed E-state index contributed by atoms with van der Waals surface area (Å²) in [5, 5.41) is 3.14. The molecule has 0 spiro atoms. The fourth-order valence-corrected chi connectivity index (χ4v) is 2.93. The van der Waals surface area contributed by atoms with Gasteiger partial charge in [-0.05, 0) is 38.0 Å². The van der Waals surface area contributed by atoms with Gasteiger partial charge in [0, 0.05) is 36.9 Å². The summed E-state index contributed by atoms with van der Waals surface area (Å²) in [6, 6.07) is 2.85. The molecular formula is C23H27F2N3O. The first kappa shape index (κ1) is 22.3. The number of nitrogens with zero attached hydrogens (tertiary/aromatic N) is 2. The topological polar surface area (TPSA) is 45.2 Å². The van der Waals surface area contributed by atoms with E-state index in [1.54, 1.807) is 17.9 Å². The number of halogens is 2. The van der Waals surface area contributed by atoms with Gasteiger partial charge in [0.2, 0.25) is 5.91 Å². The minimum atomic E-state index is -2.98. The third kappa shape index (κ3) is 5.98. The summed E-state index contributed by atoms with van der Waals surface area (Å²) in [5.41, 5.74) is 3.41. The van der Waals surface area contributed by atoms with Gasteiger partial charge in [-0.2, -0.15) is 8.78 Å². The van der Waals surface area contributed by atoms with Crippen LogP contribution in [0.4, 0.5) is 14.5 Å². The first-order valence-electron chi connectivity index (χ1n) is 9.41. The Morgan fingerprint density at radius 3 is 2.55 bits per heavy atom. The number of aromatic nitrogens is 1. The number of nitrogens with one attached hydrogen (secondary N) is 1. The van der Waals surface area contributed by atoms with Crippen LogP contribution in [0.25, 0.3) is 0 Å². The van der Waals surface area contributed by atoms with Gasteiger partial charge in [-0.25, -0.2) is 0 Å². The molecule has 154 valence electrons. The van der Waals surface area contributed by atoms with Crippen LogP contribution in [0.3, 0.4) is 0 Å². The second kappa shape index (κ2) is 9.45. The van der Waals surface area contributed by atoms with Crippen molar-refractivity contribution in [3.8, 4) is 0 Å². The number of carbonyl (C=O) groups excluding carboxylic acids is 1. The maximum atomic E-state index is 13.3. The zero-order chi connectivity index (χ0) is 21.6. The molecule has 0 atom stereocenters. The molecule has 0 radical (unpaired) electrons. The van der Waals surface area contributed by atoms with Crippen molar-refractivity contribution in [2.24, 2.45) is 0 Å². The number of hydrogen-bond donors (Lipinski definition) is 1. The predicted molar refractivity (Wildman–Crippen MR) is 114 cm³/mol. The number of alkyl halides is 2. The molecule has 6 heteroatoms. The van der Waals surface area contributed by atoms with Gasteiger partial charge < -0.3 is 10.2 Å². The highest BCUT2D eigenvalue weighted by atomic mass is 19.3. The minimum Gasteiger partial charge on any atom is -0.354 e. The van der Waals surface area contributed by atoms with Crippen molar-refractivity contribution in [1.82, 2.24) is 9.88 Å². The highest BCUT2D eigenvalue weighted by molar-refractivity contribution is 5.92. The molecule has 4 nitrogen and oxygen atoms in total. The van der Waals surface area contributed by atoms with Crippen molar-refractivity contribution in [2.45, 2.75) is 33.1 Å². The number of pyridine rings is 1. The number of rotatable bonds is 7. The lowest BCUT2D eigenvalue weighted by Gasteiger charge is -2.28. The van der Waals surface area contributed by atoms with Crippen LogP contribution >= 0.6 is 0 Å². The zero-order valence-electron chi connectivity index (χ0n) is 17.1. The van der Waals surface area contributed by atoms with Crippen LogP contribution in [-0.4, -0.2) is 28.9 Å². The zero-order valence-corrected chi connectivity index (χ0v) is 17.1. The molecular weight excluding hydrogens is 372 g/mol. The number of anilines is 1. The SMILES string of the molecule is C=C(C)C(=O)N1CC=C(/C(=C/C=C\C)C(=C)Nc2ccc(C(C)(F)F)nc2)CC1. The van der Waals surface area contributed by atoms with Gasteiger partial charge in [-0.3, -0.25) is 9.78 Å². The molecule has 1 N–H and O–H groups in total. The molecule has 0 aliphatic carbocycles. The van der Waals surface area contributed by atoms with Crippen molar-refractivity contribution < 1.29 is 13.6 Å². The molecule has 2 heterocycles. The Bertz CT molecular complexity index is 874. The van der Waals surface area contributed by atoms with Gasteiger partial charge >= 0.3 is 0 Å². The molecule has 2 rings (SSSR count). The number of allylic oxidation sites excluding steroid dienone is 4. The Kier molecular flexibility index (Phi) is 7.26. The highest BCUT2D eigenvalue weighted by Crippen LogP contribution is 2.28. The summed E-state index contributed by atoms with van der Waals surface area (Å²) in [6.45, 7) is 13.4. The molecule has 1 aliphatic heterocycles. The molecule has 1 amide bonds. The Labute approximate surface area is 171 Å². The van der Waals surface area contributed by atoms with Crippen molar-refractivity contribution in [3.05, 3.63) is 83.9 Å². The monoisotopic (exact) mass is 399 g/mol. The number of carbonyl (C=O) groups is 1. The van der Waals surface area contributed by atoms with Crippen molar-refractivity contribution >= 4 is 11.6 Å². The summed E-state index contributed by atoms with van der Waals surface area (Å²) in [5.74, 6) is -3.03. The van der Waals surface area contributed by atoms with Gasteiger partial charge in [0.05, 0.1) is 11.9 Å². The van der Waals surface area contributed by atoms with Crippen LogP contribution in [-0.2, 0) is 10.7 Å². The number of hydrogen-bond acceptors (Lipinski definition) is 3. The van der Waals surface area contributed by atoms with Crippen LogP contribution in [0.5, 0.6) is 0 Å². The molecule has 0 saturated carbocycles. The molecule has 1 aromatic heterocycles. The summed E-state index contributed by atoms with van der Waals surface area (Å²) in [6.07, 6.45) is 9.82. The van der Waals surface area contributed by atoms with Gasteiger partial charge in [0.15, 0.2) is 0 Å². The van der Waals surface area contributed by atoms with Crippen LogP contribution in [0.1, 0.15) is 32.9 Å². The van der Waals surface area contributed by atoms with E-state index in [2.05, 4.69) is 23.5 Å². The van der Waals surface area contributed by atoms with Crippen LogP contribution in [0, 0.1) is 0 Å². The average Bonchev–Trinajstić information content (AvgIpc) is 2.68. The standard InChI is InChI=1S/C23H27F2N3O/c1-6-7-8-20(18-11-13-28(14-12-18)22(29)16(2)3)17(4)27-19-9-10-21(26-15-19)23(5,24)25/h6-11,15,27H,2,4,12-14H2,1,3,5H3/b7-6-,20-8+. The summed E-state index contributed by atoms with van der Waals surface area (Å²) in [4.78, 5) is 17.7. The van der Waals surface area contributed by atoms with E-state index in [-0.39, 0.29) is 11.6 Å². The van der Waals surface area contributed by atoms with E-state index in [1.165, 1.54) is 12.3 Å². The van der Waals surface area contributed by atoms with Crippen molar-refractivity contribution in [1.29, 1.82) is 0 Å². The lowest BCUT2D eigenvalue weighted by Crippen LogP contribution is -2.35. The second-order valence-electron chi connectivity index (χ2n) is 7.04. The smallest absolute Gasteiger partial charge is 0.286 e. The van der Waals surface area contributed by atoms with E-state index in [9.17, 15) is 13.6 Å². The molecule has 1 aliphatic rings. The molecule has 1 aromatic rings. The Balaban J connectivity index is 2.17. The maximum Gasteiger partial charge on any atom is 0.286 e. The normalized spacial score (nSPS) is 15.3.